The molecule has 1 heteroatoms. The van der Waals surface area contributed by atoms with Gasteiger partial charge in [-0.25, -0.2) is 0 Å². The van der Waals surface area contributed by atoms with Crippen LogP contribution in [0.1, 0.15) is 48.0 Å². The molecule has 0 aromatic rings. The Hall–Kier alpha value is 0.675. The van der Waals surface area contributed by atoms with Crippen molar-refractivity contribution in [3.8, 4) is 0 Å². The van der Waals surface area contributed by atoms with Gasteiger partial charge in [-0.1, -0.05) is 0 Å². The van der Waals surface area contributed by atoms with Crippen molar-refractivity contribution in [2.24, 2.45) is 0 Å². The van der Waals surface area contributed by atoms with Gasteiger partial charge in [-0.3, -0.25) is 0 Å². The number of hydrogen-bond acceptors (Lipinski definition) is 0. The third-order valence-electron chi connectivity index (χ3n) is 4.75. The van der Waals surface area contributed by atoms with Gasteiger partial charge in [0.05, 0.1) is 0 Å². The second-order valence-corrected chi connectivity index (χ2v) is 27.8. The minimum atomic E-state index is -2.38. The zero-order valence-electron chi connectivity index (χ0n) is 11.2. The summed E-state index contributed by atoms with van der Waals surface area (Å²) in [6.45, 7) is 14.9. The summed E-state index contributed by atoms with van der Waals surface area (Å²) in [5, 5.41) is 0. The van der Waals surface area contributed by atoms with Crippen molar-refractivity contribution in [3.05, 3.63) is 20.2 Å². The monoisotopic (exact) mass is 333 g/mol. The van der Waals surface area contributed by atoms with Gasteiger partial charge in [0, 0.05) is 0 Å². The summed E-state index contributed by atoms with van der Waals surface area (Å²) < 4.78 is 4.69. The van der Waals surface area contributed by atoms with E-state index >= 15 is 0 Å². The van der Waals surface area contributed by atoms with Gasteiger partial charge < -0.3 is 0 Å². The fraction of sp³-hybridized carbons (Fsp3) is 0.714. The minimum absolute atomic E-state index is 0.941. The summed E-state index contributed by atoms with van der Waals surface area (Å²) in [4.78, 5) is 0. The van der Waals surface area contributed by atoms with Gasteiger partial charge in [0.25, 0.3) is 0 Å². The quantitative estimate of drug-likeness (QED) is 0.640. The molecular formula is C14H26La. The fourth-order valence-electron chi connectivity index (χ4n) is 4.43. The first-order chi connectivity index (χ1) is 6.94. The van der Waals surface area contributed by atoms with Crippen LogP contribution in [-0.4, -0.2) is 0 Å². The first-order valence-electron chi connectivity index (χ1n) is 6.47. The van der Waals surface area contributed by atoms with Gasteiger partial charge in [0.15, 0.2) is 0 Å². The molecule has 0 radical (unpaired) electrons. The molecule has 0 nitrogen and oxygen atoms in total. The Morgan fingerprint density at radius 1 is 0.933 bits per heavy atom. The second-order valence-electron chi connectivity index (χ2n) is 6.18. The van der Waals surface area contributed by atoms with E-state index in [-0.39, 0.29) is 0 Å². The zero-order valence-corrected chi connectivity index (χ0v) is 14.9. The SMILES string of the molecule is C[CH](C)[La]([C]1=CC=CC1)([CH](C)C)[CH](C)C. The summed E-state index contributed by atoms with van der Waals surface area (Å²) in [7, 11) is 0. The van der Waals surface area contributed by atoms with Crippen molar-refractivity contribution in [3.63, 3.8) is 0 Å². The van der Waals surface area contributed by atoms with Crippen molar-refractivity contribution in [1.82, 2.24) is 0 Å². The van der Waals surface area contributed by atoms with E-state index in [2.05, 4.69) is 59.8 Å². The Morgan fingerprint density at radius 3 is 1.67 bits per heavy atom. The van der Waals surface area contributed by atoms with E-state index in [1.807, 2.05) is 1.98 Å². The maximum atomic E-state index is 2.48. The van der Waals surface area contributed by atoms with Crippen molar-refractivity contribution in [2.75, 3.05) is 0 Å². The maximum absolute atomic E-state index is 2.48. The van der Waals surface area contributed by atoms with E-state index in [0.717, 1.165) is 6.96 Å². The van der Waals surface area contributed by atoms with Gasteiger partial charge in [0.2, 0.25) is 0 Å². The van der Waals surface area contributed by atoms with E-state index in [0.29, 0.717) is 0 Å². The van der Waals surface area contributed by atoms with Crippen LogP contribution in [0.2, 0.25) is 6.96 Å². The molecule has 0 saturated heterocycles. The number of rotatable bonds is 4. The van der Waals surface area contributed by atoms with E-state index in [1.54, 1.807) is 0 Å². The summed E-state index contributed by atoms with van der Waals surface area (Å²) in [5.41, 5.74) is 0. The molecule has 0 aliphatic heterocycles. The molecule has 85 valence electrons. The Bertz CT molecular complexity index is 247. The summed E-state index contributed by atoms with van der Waals surface area (Å²) >= 11 is -2.38. The topological polar surface area (TPSA) is 0 Å². The van der Waals surface area contributed by atoms with Crippen molar-refractivity contribution in [2.45, 2.75) is 54.9 Å². The van der Waals surface area contributed by atoms with Gasteiger partial charge in [-0.05, 0) is 0 Å². The Kier molecular flexibility index (Phi) is 4.89. The van der Waals surface area contributed by atoms with E-state index < -0.39 is 28.1 Å². The molecular weight excluding hydrogens is 307 g/mol. The van der Waals surface area contributed by atoms with Crippen LogP contribution in [0.5, 0.6) is 0 Å². The molecule has 0 aromatic carbocycles. The van der Waals surface area contributed by atoms with Crippen LogP contribution in [0.4, 0.5) is 0 Å². The molecule has 1 aliphatic carbocycles. The molecule has 0 aromatic heterocycles. The van der Waals surface area contributed by atoms with E-state index in [4.69, 9.17) is 0 Å². The normalized spacial score (nSPS) is 17.0. The van der Waals surface area contributed by atoms with Gasteiger partial charge in [-0.2, -0.15) is 0 Å². The molecule has 1 rings (SSSR count). The Balaban J connectivity index is 3.14. The predicted octanol–water partition coefficient (Wildman–Crippen LogP) is 5.47. The molecule has 0 spiro atoms. The van der Waals surface area contributed by atoms with Gasteiger partial charge in [-0.15, -0.1) is 0 Å². The fourth-order valence-corrected chi connectivity index (χ4v) is 30.1. The van der Waals surface area contributed by atoms with E-state index in [9.17, 15) is 0 Å². The third-order valence-corrected chi connectivity index (χ3v) is 30.9. The molecule has 0 saturated carbocycles. The first-order valence-corrected chi connectivity index (χ1v) is 14.6. The summed E-state index contributed by atoms with van der Waals surface area (Å²) in [5.74, 6) is 0. The molecule has 0 heterocycles. The molecule has 1 aliphatic rings. The molecule has 0 bridgehead atoms. The number of allylic oxidation sites excluding steroid dienone is 4. The van der Waals surface area contributed by atoms with Gasteiger partial charge >= 0.3 is 103 Å². The average molecular weight is 333 g/mol. The number of hydrogen-bond donors (Lipinski definition) is 0. The van der Waals surface area contributed by atoms with E-state index in [1.165, 1.54) is 6.42 Å². The van der Waals surface area contributed by atoms with Crippen LogP contribution in [0.15, 0.2) is 20.2 Å². The molecule has 15 heavy (non-hydrogen) atoms. The van der Waals surface area contributed by atoms with Crippen LogP contribution < -0.4 is 0 Å². The molecule has 0 unspecified atom stereocenters. The predicted molar refractivity (Wildman–Crippen MR) is 67.1 cm³/mol. The molecule has 0 amide bonds. The summed E-state index contributed by atoms with van der Waals surface area (Å²) in [6.07, 6.45) is 8.34. The molecule has 0 atom stereocenters. The Morgan fingerprint density at radius 2 is 1.40 bits per heavy atom. The molecule has 0 fully saturated rings. The van der Waals surface area contributed by atoms with Crippen molar-refractivity contribution in [1.29, 1.82) is 0 Å². The van der Waals surface area contributed by atoms with Crippen LogP contribution >= 0.6 is 0 Å². The van der Waals surface area contributed by atoms with Crippen LogP contribution in [0.3, 0.4) is 0 Å². The van der Waals surface area contributed by atoms with Gasteiger partial charge in [0.1, 0.15) is 0 Å². The standard InChI is InChI=1S/C5H5.3C3H7.La/c1-2-4-5-3-1;3*1-3-2;/h1-3H,4H2;3*3H,1-2H3;. The van der Waals surface area contributed by atoms with Crippen molar-refractivity contribution >= 4 is 0 Å². The average Bonchev–Trinajstić information content (AvgIpc) is 2.55. The second kappa shape index (κ2) is 5.34. The van der Waals surface area contributed by atoms with Crippen LogP contribution in [-0.2, 0) is 0 Å². The van der Waals surface area contributed by atoms with Crippen LogP contribution in [0.25, 0.3) is 0 Å². The third kappa shape index (κ3) is 2.35. The first kappa shape index (κ1) is 13.7. The zero-order chi connectivity index (χ0) is 11.6. The molecule has 0 N–H and O–H groups in total. The van der Waals surface area contributed by atoms with Crippen LogP contribution in [0, 0.1) is 28.1 Å². The Labute approximate surface area is 102 Å². The van der Waals surface area contributed by atoms with Crippen molar-refractivity contribution < 1.29 is 28.1 Å². The summed E-state index contributed by atoms with van der Waals surface area (Å²) in [6, 6.07) is 0.